The van der Waals surface area contributed by atoms with Gasteiger partial charge in [0, 0.05) is 40.7 Å². The number of pyridine rings is 2. The molecule has 0 radical (unpaired) electrons. The number of halogens is 1. The Bertz CT molecular complexity index is 1340. The van der Waals surface area contributed by atoms with Crippen molar-refractivity contribution in [2.75, 3.05) is 13.1 Å². The van der Waals surface area contributed by atoms with Crippen molar-refractivity contribution in [1.82, 2.24) is 29.7 Å². The largest absolute Gasteiger partial charge is 0.390 e. The van der Waals surface area contributed by atoms with Gasteiger partial charge in [-0.25, -0.2) is 13.9 Å². The van der Waals surface area contributed by atoms with Gasteiger partial charge in [-0.05, 0) is 38.1 Å². The molecular formula is C22H20FN7OS. The van der Waals surface area contributed by atoms with E-state index < -0.39 is 11.9 Å². The van der Waals surface area contributed by atoms with E-state index in [1.807, 2.05) is 23.9 Å². The van der Waals surface area contributed by atoms with Crippen molar-refractivity contribution in [3.8, 4) is 17.2 Å². The van der Waals surface area contributed by atoms with Crippen LogP contribution in [0.4, 0.5) is 4.39 Å². The van der Waals surface area contributed by atoms with E-state index >= 15 is 0 Å². The van der Waals surface area contributed by atoms with E-state index in [4.69, 9.17) is 0 Å². The quantitative estimate of drug-likeness (QED) is 0.494. The molecule has 32 heavy (non-hydrogen) atoms. The molecule has 1 fully saturated rings. The summed E-state index contributed by atoms with van der Waals surface area (Å²) < 4.78 is 17.8. The number of β-amino-alcohol motifs (C(OH)–C–C–N with tert-alkyl or cyclic N) is 1. The third-order valence-corrected chi connectivity index (χ3v) is 6.74. The van der Waals surface area contributed by atoms with Crippen molar-refractivity contribution >= 4 is 17.3 Å². The molecule has 10 heteroatoms. The van der Waals surface area contributed by atoms with E-state index in [1.165, 1.54) is 24.5 Å². The van der Waals surface area contributed by atoms with E-state index in [1.54, 1.807) is 10.7 Å². The van der Waals surface area contributed by atoms with Crippen LogP contribution in [0.1, 0.15) is 23.7 Å². The van der Waals surface area contributed by atoms with Gasteiger partial charge in [-0.1, -0.05) is 11.8 Å². The molecule has 162 valence electrons. The number of aliphatic hydroxyl groups is 1. The van der Waals surface area contributed by atoms with Crippen LogP contribution >= 0.6 is 11.8 Å². The number of nitrogens with one attached hydrogen (secondary N) is 1. The van der Waals surface area contributed by atoms with Gasteiger partial charge in [-0.3, -0.25) is 4.68 Å². The lowest BCUT2D eigenvalue weighted by atomic mass is 10.0. The summed E-state index contributed by atoms with van der Waals surface area (Å²) in [6.07, 6.45) is 6.91. The van der Waals surface area contributed by atoms with Crippen molar-refractivity contribution in [3.05, 3.63) is 60.1 Å². The highest BCUT2D eigenvalue weighted by Crippen LogP contribution is 2.37. The standard InChI is InChI=1S/C22H20FN7OS/c1-13-16(10-28-30(13)18-4-6-25-11-19(18)31)14-7-20(32-22-17(23)3-2-5-26-22)21-15(8-24)9-27-29(21)12-14/h2-3,5,7,9-10,12,18-19,25,31H,4,6,11H2,1H3/t18-,19+/m0/s1. The fraction of sp³-hybridized carbons (Fsp3) is 0.273. The fourth-order valence-corrected chi connectivity index (χ4v) is 5.07. The monoisotopic (exact) mass is 449 g/mol. The summed E-state index contributed by atoms with van der Waals surface area (Å²) in [7, 11) is 0. The van der Waals surface area contributed by atoms with Crippen molar-refractivity contribution in [3.63, 3.8) is 0 Å². The Kier molecular flexibility index (Phi) is 5.38. The molecule has 0 bridgehead atoms. The summed E-state index contributed by atoms with van der Waals surface area (Å²) >= 11 is 1.15. The zero-order chi connectivity index (χ0) is 22.2. The van der Waals surface area contributed by atoms with Gasteiger partial charge in [0.25, 0.3) is 0 Å². The molecule has 8 nitrogen and oxygen atoms in total. The smallest absolute Gasteiger partial charge is 0.155 e. The topological polar surface area (TPSA) is 104 Å². The van der Waals surface area contributed by atoms with Gasteiger partial charge < -0.3 is 10.4 Å². The number of hydrogen-bond donors (Lipinski definition) is 2. The minimum Gasteiger partial charge on any atom is -0.390 e. The number of hydrogen-bond acceptors (Lipinski definition) is 7. The second kappa shape index (κ2) is 8.35. The molecule has 5 heterocycles. The maximum absolute atomic E-state index is 14.3. The highest BCUT2D eigenvalue weighted by molar-refractivity contribution is 7.99. The van der Waals surface area contributed by atoms with E-state index in [9.17, 15) is 14.8 Å². The zero-order valence-electron chi connectivity index (χ0n) is 17.2. The molecule has 4 aromatic heterocycles. The van der Waals surface area contributed by atoms with Gasteiger partial charge in [0.05, 0.1) is 35.6 Å². The molecule has 0 unspecified atom stereocenters. The summed E-state index contributed by atoms with van der Waals surface area (Å²) in [4.78, 5) is 4.81. The minimum absolute atomic E-state index is 0.0971. The Morgan fingerprint density at radius 2 is 2.22 bits per heavy atom. The molecular weight excluding hydrogens is 429 g/mol. The predicted octanol–water partition coefficient (Wildman–Crippen LogP) is 2.96. The van der Waals surface area contributed by atoms with Gasteiger partial charge in [-0.2, -0.15) is 15.5 Å². The predicted molar refractivity (Wildman–Crippen MR) is 117 cm³/mol. The molecule has 0 saturated carbocycles. The molecule has 1 saturated heterocycles. The van der Waals surface area contributed by atoms with Gasteiger partial charge in [-0.15, -0.1) is 0 Å². The number of rotatable bonds is 4. The second-order valence-corrected chi connectivity index (χ2v) is 8.70. The first-order valence-corrected chi connectivity index (χ1v) is 11.0. The molecule has 1 aliphatic heterocycles. The number of aliphatic hydroxyl groups excluding tert-OH is 1. The second-order valence-electron chi connectivity index (χ2n) is 7.66. The van der Waals surface area contributed by atoms with Crippen LogP contribution in [0.15, 0.2) is 52.9 Å². The van der Waals surface area contributed by atoms with E-state index in [0.717, 1.165) is 41.5 Å². The highest BCUT2D eigenvalue weighted by Gasteiger charge is 2.27. The van der Waals surface area contributed by atoms with Gasteiger partial charge >= 0.3 is 0 Å². The number of nitrogens with zero attached hydrogens (tertiary/aromatic N) is 6. The van der Waals surface area contributed by atoms with Crippen LogP contribution in [0.3, 0.4) is 0 Å². The van der Waals surface area contributed by atoms with E-state index in [0.29, 0.717) is 22.5 Å². The fourth-order valence-electron chi connectivity index (χ4n) is 4.10. The van der Waals surface area contributed by atoms with Crippen LogP contribution in [-0.2, 0) is 0 Å². The lowest BCUT2D eigenvalue weighted by Gasteiger charge is -2.29. The summed E-state index contributed by atoms with van der Waals surface area (Å²) in [6, 6.07) is 6.86. The van der Waals surface area contributed by atoms with E-state index in [-0.39, 0.29) is 11.1 Å². The maximum atomic E-state index is 14.3. The lowest BCUT2D eigenvalue weighted by Crippen LogP contribution is -2.42. The van der Waals surface area contributed by atoms with Gasteiger partial charge in [0.1, 0.15) is 11.1 Å². The van der Waals surface area contributed by atoms with Crippen LogP contribution in [0.5, 0.6) is 0 Å². The normalized spacial score (nSPS) is 18.7. The number of fused-ring (bicyclic) bond motifs is 1. The first kappa shape index (κ1) is 20.6. The zero-order valence-corrected chi connectivity index (χ0v) is 18.1. The van der Waals surface area contributed by atoms with E-state index in [2.05, 4.69) is 26.6 Å². The van der Waals surface area contributed by atoms with Crippen LogP contribution in [0, 0.1) is 24.1 Å². The molecule has 0 amide bonds. The SMILES string of the molecule is Cc1c(-c2cc(Sc3ncccc3F)c3c(C#N)cnn3c2)cnn1[C@H]1CCNC[C@H]1O. The Labute approximate surface area is 187 Å². The first-order valence-electron chi connectivity index (χ1n) is 10.2. The lowest BCUT2D eigenvalue weighted by molar-refractivity contribution is 0.0800. The molecule has 5 rings (SSSR count). The maximum Gasteiger partial charge on any atom is 0.155 e. The van der Waals surface area contributed by atoms with Gasteiger partial charge in [0.2, 0.25) is 0 Å². The van der Waals surface area contributed by atoms with Crippen molar-refractivity contribution in [2.24, 2.45) is 0 Å². The molecule has 4 aromatic rings. The van der Waals surface area contributed by atoms with Gasteiger partial charge in [0.15, 0.2) is 5.82 Å². The Morgan fingerprint density at radius 3 is 3.00 bits per heavy atom. The Balaban J connectivity index is 1.62. The number of nitriles is 1. The summed E-state index contributed by atoms with van der Waals surface area (Å²) in [5, 5.41) is 32.3. The van der Waals surface area contributed by atoms with Crippen molar-refractivity contribution in [1.29, 1.82) is 5.26 Å². The molecule has 0 aromatic carbocycles. The average molecular weight is 450 g/mol. The molecule has 0 aliphatic carbocycles. The number of piperidine rings is 1. The number of aromatic nitrogens is 5. The van der Waals surface area contributed by atoms with Crippen molar-refractivity contribution in [2.45, 2.75) is 35.4 Å². The third-order valence-electron chi connectivity index (χ3n) is 5.71. The van der Waals surface area contributed by atoms with Crippen LogP contribution in [0.25, 0.3) is 16.6 Å². The van der Waals surface area contributed by atoms with Crippen LogP contribution in [0.2, 0.25) is 0 Å². The third kappa shape index (κ3) is 3.54. The summed E-state index contributed by atoms with van der Waals surface area (Å²) in [6.45, 7) is 3.32. The first-order chi connectivity index (χ1) is 15.6. The minimum atomic E-state index is -0.514. The van der Waals surface area contributed by atoms with Crippen molar-refractivity contribution < 1.29 is 9.50 Å². The molecule has 2 atom stereocenters. The summed E-state index contributed by atoms with van der Waals surface area (Å²) in [5.41, 5.74) is 3.64. The Morgan fingerprint density at radius 1 is 1.34 bits per heavy atom. The molecule has 0 spiro atoms. The molecule has 1 aliphatic rings. The summed E-state index contributed by atoms with van der Waals surface area (Å²) in [5.74, 6) is -0.428. The molecule has 2 N–H and O–H groups in total. The van der Waals surface area contributed by atoms with Crippen LogP contribution in [-0.4, -0.2) is 48.7 Å². The Hall–Kier alpha value is -3.26. The van der Waals surface area contributed by atoms with Crippen LogP contribution < -0.4 is 5.32 Å². The average Bonchev–Trinajstić information content (AvgIpc) is 3.39. The highest BCUT2D eigenvalue weighted by atomic mass is 32.2.